The summed E-state index contributed by atoms with van der Waals surface area (Å²) in [6.45, 7) is 0.231. The number of nitrogens with one attached hydrogen (secondary N) is 1. The van der Waals surface area contributed by atoms with E-state index >= 15 is 0 Å². The third-order valence-electron chi connectivity index (χ3n) is 3.45. The molecule has 1 amide bonds. The van der Waals surface area contributed by atoms with Crippen molar-refractivity contribution in [3.63, 3.8) is 0 Å². The van der Waals surface area contributed by atoms with Crippen LogP contribution in [-0.4, -0.2) is 33.8 Å². The smallest absolute Gasteiger partial charge is 0.258 e. The highest BCUT2D eigenvalue weighted by atomic mass is 127. The van der Waals surface area contributed by atoms with Gasteiger partial charge in [0.05, 0.1) is 21.3 Å². The average molecular weight is 457 g/mol. The minimum absolute atomic E-state index is 0.0593. The largest absolute Gasteiger partial charge is 0.496 e. The van der Waals surface area contributed by atoms with E-state index in [1.807, 2.05) is 24.3 Å². The molecule has 0 fully saturated rings. The Labute approximate surface area is 160 Å². The number of carbonyl (C=O) groups excluding carboxylic acids is 1. The van der Waals surface area contributed by atoms with Gasteiger partial charge in [0.25, 0.3) is 5.91 Å². The molecule has 25 heavy (non-hydrogen) atoms. The van der Waals surface area contributed by atoms with Crippen LogP contribution in [0.25, 0.3) is 0 Å². The van der Waals surface area contributed by atoms with Gasteiger partial charge in [-0.15, -0.1) is 0 Å². The van der Waals surface area contributed by atoms with Crippen LogP contribution in [0, 0.1) is 3.57 Å². The van der Waals surface area contributed by atoms with E-state index in [1.165, 1.54) is 0 Å². The zero-order valence-corrected chi connectivity index (χ0v) is 16.5. The Morgan fingerprint density at radius 2 is 1.56 bits per heavy atom. The van der Waals surface area contributed by atoms with Gasteiger partial charge in [0.15, 0.2) is 18.1 Å². The zero-order chi connectivity index (χ0) is 18.2. The van der Waals surface area contributed by atoms with Gasteiger partial charge in [-0.1, -0.05) is 0 Å². The van der Waals surface area contributed by atoms with Crippen molar-refractivity contribution in [1.82, 2.24) is 5.32 Å². The molecule has 0 spiro atoms. The summed E-state index contributed by atoms with van der Waals surface area (Å²) in [5, 5.41) is 2.80. The number of hydrogen-bond donors (Lipinski definition) is 1. The van der Waals surface area contributed by atoms with Gasteiger partial charge in [0.1, 0.15) is 11.5 Å². The Hall–Kier alpha value is -2.16. The van der Waals surface area contributed by atoms with E-state index in [2.05, 4.69) is 27.9 Å². The number of amides is 1. The van der Waals surface area contributed by atoms with Gasteiger partial charge in [-0.25, -0.2) is 0 Å². The summed E-state index contributed by atoms with van der Waals surface area (Å²) in [6, 6.07) is 11.0. The molecule has 2 rings (SSSR count). The summed E-state index contributed by atoms with van der Waals surface area (Å²) < 4.78 is 22.4. The summed E-state index contributed by atoms with van der Waals surface area (Å²) >= 11 is 2.21. The summed E-state index contributed by atoms with van der Waals surface area (Å²) in [4.78, 5) is 12.0. The number of hydrogen-bond acceptors (Lipinski definition) is 5. The van der Waals surface area contributed by atoms with Crippen molar-refractivity contribution in [2.24, 2.45) is 0 Å². The lowest BCUT2D eigenvalue weighted by Gasteiger charge is -2.14. The fraction of sp³-hybridized carbons (Fsp3) is 0.278. The first kappa shape index (κ1) is 19.2. The highest BCUT2D eigenvalue weighted by Crippen LogP contribution is 2.34. The molecule has 7 heteroatoms. The minimum Gasteiger partial charge on any atom is -0.496 e. The molecule has 0 aliphatic rings. The van der Waals surface area contributed by atoms with E-state index in [-0.39, 0.29) is 12.5 Å². The number of rotatable bonds is 8. The number of methoxy groups -OCH3 is 3. The van der Waals surface area contributed by atoms with Crippen molar-refractivity contribution in [3.05, 3.63) is 45.5 Å². The van der Waals surface area contributed by atoms with E-state index in [4.69, 9.17) is 18.9 Å². The average Bonchev–Trinajstić information content (AvgIpc) is 2.65. The monoisotopic (exact) mass is 457 g/mol. The van der Waals surface area contributed by atoms with Crippen molar-refractivity contribution in [2.45, 2.75) is 6.54 Å². The molecule has 0 radical (unpaired) electrons. The molecule has 0 bridgehead atoms. The Bertz CT molecular complexity index is 718. The van der Waals surface area contributed by atoms with Gasteiger partial charge in [-0.3, -0.25) is 4.79 Å². The Morgan fingerprint density at radius 3 is 2.16 bits per heavy atom. The molecular weight excluding hydrogens is 437 g/mol. The molecule has 0 saturated heterocycles. The molecule has 0 unspecified atom stereocenters. The van der Waals surface area contributed by atoms with Crippen LogP contribution in [0.2, 0.25) is 0 Å². The van der Waals surface area contributed by atoms with Gasteiger partial charge >= 0.3 is 0 Å². The first-order valence-corrected chi connectivity index (χ1v) is 8.59. The summed E-state index contributed by atoms with van der Waals surface area (Å²) in [5.41, 5.74) is 0.780. The summed E-state index contributed by atoms with van der Waals surface area (Å²) in [5.74, 6) is 2.17. The summed E-state index contributed by atoms with van der Waals surface area (Å²) in [6.07, 6.45) is 0. The van der Waals surface area contributed by atoms with Gasteiger partial charge in [0.2, 0.25) is 0 Å². The number of benzene rings is 2. The molecule has 0 atom stereocenters. The number of carbonyl (C=O) groups is 1. The van der Waals surface area contributed by atoms with Gasteiger partial charge in [0, 0.05) is 21.7 Å². The SMILES string of the molecule is COc1cc(OC)c(OC)cc1CNC(=O)COc1ccc(I)cc1. The van der Waals surface area contributed by atoms with E-state index in [0.717, 1.165) is 9.13 Å². The number of halogens is 1. The molecule has 2 aromatic carbocycles. The maximum Gasteiger partial charge on any atom is 0.258 e. The van der Waals surface area contributed by atoms with Gasteiger partial charge < -0.3 is 24.3 Å². The summed E-state index contributed by atoms with van der Waals surface area (Å²) in [7, 11) is 4.68. The highest BCUT2D eigenvalue weighted by Gasteiger charge is 2.13. The van der Waals surface area contributed by atoms with Crippen LogP contribution in [0.3, 0.4) is 0 Å². The lowest BCUT2D eigenvalue weighted by molar-refractivity contribution is -0.123. The second kappa shape index (κ2) is 9.36. The molecular formula is C18H20INO5. The predicted molar refractivity (Wildman–Crippen MR) is 103 cm³/mol. The predicted octanol–water partition coefficient (Wildman–Crippen LogP) is 3.01. The van der Waals surface area contributed by atoms with Crippen molar-refractivity contribution in [3.8, 4) is 23.0 Å². The standard InChI is InChI=1S/C18H20INO5/c1-22-15-9-17(24-3)16(23-2)8-12(15)10-20-18(21)11-25-14-6-4-13(19)5-7-14/h4-9H,10-11H2,1-3H3,(H,20,21). The topological polar surface area (TPSA) is 66.0 Å². The molecule has 0 aliphatic carbocycles. The van der Waals surface area contributed by atoms with Gasteiger partial charge in [-0.05, 0) is 52.9 Å². The molecule has 0 heterocycles. The number of ether oxygens (including phenoxy) is 4. The van der Waals surface area contributed by atoms with Crippen LogP contribution in [0.5, 0.6) is 23.0 Å². The molecule has 6 nitrogen and oxygen atoms in total. The Balaban J connectivity index is 1.95. The fourth-order valence-electron chi connectivity index (χ4n) is 2.16. The zero-order valence-electron chi connectivity index (χ0n) is 14.3. The van der Waals surface area contributed by atoms with Crippen LogP contribution in [-0.2, 0) is 11.3 Å². The van der Waals surface area contributed by atoms with Crippen molar-refractivity contribution < 1.29 is 23.7 Å². The van der Waals surface area contributed by atoms with Crippen LogP contribution in [0.4, 0.5) is 0 Å². The third kappa shape index (κ3) is 5.42. The third-order valence-corrected chi connectivity index (χ3v) is 4.17. The molecule has 2 aromatic rings. The van der Waals surface area contributed by atoms with Crippen molar-refractivity contribution in [2.75, 3.05) is 27.9 Å². The van der Waals surface area contributed by atoms with E-state index < -0.39 is 0 Å². The maximum atomic E-state index is 12.0. The van der Waals surface area contributed by atoms with Crippen LogP contribution in [0.1, 0.15) is 5.56 Å². The molecule has 0 aromatic heterocycles. The second-order valence-corrected chi connectivity index (χ2v) is 6.28. The van der Waals surface area contributed by atoms with Crippen LogP contribution >= 0.6 is 22.6 Å². The first-order valence-electron chi connectivity index (χ1n) is 7.51. The minimum atomic E-state index is -0.226. The molecule has 134 valence electrons. The Morgan fingerprint density at radius 1 is 0.960 bits per heavy atom. The van der Waals surface area contributed by atoms with Crippen LogP contribution in [0.15, 0.2) is 36.4 Å². The molecule has 1 N–H and O–H groups in total. The lowest BCUT2D eigenvalue weighted by atomic mass is 10.1. The van der Waals surface area contributed by atoms with E-state index in [9.17, 15) is 4.79 Å². The van der Waals surface area contributed by atoms with Crippen LogP contribution < -0.4 is 24.3 Å². The van der Waals surface area contributed by atoms with E-state index in [1.54, 1.807) is 33.5 Å². The van der Waals surface area contributed by atoms with Crippen molar-refractivity contribution in [1.29, 1.82) is 0 Å². The highest BCUT2D eigenvalue weighted by molar-refractivity contribution is 14.1. The normalized spacial score (nSPS) is 10.1. The van der Waals surface area contributed by atoms with E-state index in [0.29, 0.717) is 29.5 Å². The second-order valence-electron chi connectivity index (χ2n) is 5.04. The Kier molecular flexibility index (Phi) is 7.17. The van der Waals surface area contributed by atoms with Gasteiger partial charge in [-0.2, -0.15) is 0 Å². The first-order chi connectivity index (χ1) is 12.1. The fourth-order valence-corrected chi connectivity index (χ4v) is 2.51. The molecule has 0 aliphatic heterocycles. The lowest BCUT2D eigenvalue weighted by Crippen LogP contribution is -2.28. The van der Waals surface area contributed by atoms with Crippen molar-refractivity contribution >= 4 is 28.5 Å². The maximum absolute atomic E-state index is 12.0. The quantitative estimate of drug-likeness (QED) is 0.618. The molecule has 0 saturated carbocycles.